The second-order valence-electron chi connectivity index (χ2n) is 5.05. The second kappa shape index (κ2) is 3.01. The molecule has 1 saturated carbocycles. The Balaban J connectivity index is 2.52. The van der Waals surface area contributed by atoms with Gasteiger partial charge in [0, 0.05) is 12.8 Å². The molecule has 15 heavy (non-hydrogen) atoms. The molecule has 2 aliphatic carbocycles. The van der Waals surface area contributed by atoms with Crippen LogP contribution in [0.4, 0.5) is 0 Å². The average Bonchev–Trinajstić information content (AvgIpc) is 2.16. The van der Waals surface area contributed by atoms with Crippen LogP contribution < -0.4 is 0 Å². The van der Waals surface area contributed by atoms with E-state index >= 15 is 0 Å². The third-order valence-electron chi connectivity index (χ3n) is 3.81. The van der Waals surface area contributed by atoms with E-state index in [1.807, 2.05) is 6.92 Å². The number of carbonyl (C=O) groups is 2. The van der Waals surface area contributed by atoms with Gasteiger partial charge in [-0.1, -0.05) is 0 Å². The van der Waals surface area contributed by atoms with Crippen LogP contribution in [0.3, 0.4) is 0 Å². The Hall–Kier alpha value is -0.960. The second-order valence-corrected chi connectivity index (χ2v) is 5.05. The highest BCUT2D eigenvalue weighted by molar-refractivity contribution is 5.98. The van der Waals surface area contributed by atoms with Crippen molar-refractivity contribution >= 4 is 11.6 Å². The van der Waals surface area contributed by atoms with Gasteiger partial charge in [-0.15, -0.1) is 0 Å². The van der Waals surface area contributed by atoms with Crippen molar-refractivity contribution in [3.63, 3.8) is 0 Å². The van der Waals surface area contributed by atoms with Crippen molar-refractivity contribution in [3.8, 4) is 0 Å². The Bertz CT molecular complexity index is 365. The van der Waals surface area contributed by atoms with Crippen molar-refractivity contribution in [1.82, 2.24) is 0 Å². The molecular weight excluding hydrogens is 192 g/mol. The molecular formula is C12H16O3. The lowest BCUT2D eigenvalue weighted by molar-refractivity contribution is -0.133. The molecule has 0 heterocycles. The molecule has 0 saturated heterocycles. The number of allylic oxidation sites excluding steroid dienone is 1. The van der Waals surface area contributed by atoms with Gasteiger partial charge in [0.25, 0.3) is 0 Å². The molecule has 3 nitrogen and oxygen atoms in total. The zero-order valence-corrected chi connectivity index (χ0v) is 9.17. The fourth-order valence-corrected chi connectivity index (χ4v) is 2.71. The van der Waals surface area contributed by atoms with E-state index in [4.69, 9.17) is 0 Å². The molecule has 0 spiro atoms. The Labute approximate surface area is 89.2 Å². The summed E-state index contributed by atoms with van der Waals surface area (Å²) in [5.41, 5.74) is -0.962. The lowest BCUT2D eigenvalue weighted by Gasteiger charge is -2.45. The predicted octanol–water partition coefficient (Wildman–Crippen LogP) is 1.40. The third-order valence-corrected chi connectivity index (χ3v) is 3.81. The van der Waals surface area contributed by atoms with Crippen molar-refractivity contribution in [2.24, 2.45) is 5.41 Å². The van der Waals surface area contributed by atoms with Crippen LogP contribution in [0.25, 0.3) is 0 Å². The fraction of sp³-hybridized carbons (Fsp3) is 0.667. The average molecular weight is 208 g/mol. The van der Waals surface area contributed by atoms with Crippen LogP contribution in [0.15, 0.2) is 11.6 Å². The number of ketones is 2. The minimum absolute atomic E-state index is 0.0254. The summed E-state index contributed by atoms with van der Waals surface area (Å²) in [6, 6.07) is 0. The summed E-state index contributed by atoms with van der Waals surface area (Å²) in [4.78, 5) is 23.2. The predicted molar refractivity (Wildman–Crippen MR) is 55.3 cm³/mol. The number of carbonyl (C=O) groups excluding carboxylic acids is 2. The summed E-state index contributed by atoms with van der Waals surface area (Å²) in [5, 5.41) is 10.2. The normalized spacial score (nSPS) is 41.1. The SMILES string of the molecule is CC1(O)CCC(=O)C2(C)CCC(=O)C=C12. The Morgan fingerprint density at radius 3 is 2.53 bits per heavy atom. The van der Waals surface area contributed by atoms with Gasteiger partial charge in [-0.05, 0) is 38.3 Å². The monoisotopic (exact) mass is 208 g/mol. The number of aliphatic hydroxyl groups is 1. The van der Waals surface area contributed by atoms with E-state index in [0.717, 1.165) is 0 Å². The maximum atomic E-state index is 11.9. The zero-order chi connectivity index (χ0) is 11.3. The summed E-state index contributed by atoms with van der Waals surface area (Å²) >= 11 is 0. The highest BCUT2D eigenvalue weighted by atomic mass is 16.3. The topological polar surface area (TPSA) is 54.4 Å². The zero-order valence-electron chi connectivity index (χ0n) is 9.17. The summed E-state index contributed by atoms with van der Waals surface area (Å²) < 4.78 is 0. The number of fused-ring (bicyclic) bond motifs is 1. The summed E-state index contributed by atoms with van der Waals surface area (Å²) in [5.74, 6) is 0.185. The van der Waals surface area contributed by atoms with Crippen molar-refractivity contribution in [2.75, 3.05) is 0 Å². The first kappa shape index (κ1) is 10.6. The van der Waals surface area contributed by atoms with E-state index in [2.05, 4.69) is 0 Å². The molecule has 2 atom stereocenters. The first-order valence-electron chi connectivity index (χ1n) is 5.37. The first-order chi connectivity index (χ1) is 6.86. The third kappa shape index (κ3) is 1.46. The van der Waals surface area contributed by atoms with Crippen molar-refractivity contribution < 1.29 is 14.7 Å². The molecule has 3 heteroatoms. The minimum Gasteiger partial charge on any atom is -0.386 e. The van der Waals surface area contributed by atoms with Gasteiger partial charge < -0.3 is 5.11 Å². The Morgan fingerprint density at radius 2 is 1.87 bits per heavy atom. The molecule has 1 fully saturated rings. The molecule has 0 aromatic carbocycles. The van der Waals surface area contributed by atoms with Gasteiger partial charge in [0.2, 0.25) is 0 Å². The van der Waals surface area contributed by atoms with Crippen LogP contribution in [0.1, 0.15) is 39.5 Å². The fourth-order valence-electron chi connectivity index (χ4n) is 2.71. The van der Waals surface area contributed by atoms with E-state index in [0.29, 0.717) is 31.3 Å². The summed E-state index contributed by atoms with van der Waals surface area (Å²) in [7, 11) is 0. The van der Waals surface area contributed by atoms with Crippen molar-refractivity contribution in [3.05, 3.63) is 11.6 Å². The molecule has 0 aromatic heterocycles. The van der Waals surface area contributed by atoms with E-state index in [9.17, 15) is 14.7 Å². The van der Waals surface area contributed by atoms with Gasteiger partial charge >= 0.3 is 0 Å². The Morgan fingerprint density at radius 1 is 1.20 bits per heavy atom. The highest BCUT2D eigenvalue weighted by Gasteiger charge is 2.50. The van der Waals surface area contributed by atoms with Crippen molar-refractivity contribution in [1.29, 1.82) is 0 Å². The molecule has 0 bridgehead atoms. The number of rotatable bonds is 0. The molecule has 1 N–H and O–H groups in total. The quantitative estimate of drug-likeness (QED) is 0.654. The van der Waals surface area contributed by atoms with Crippen molar-refractivity contribution in [2.45, 2.75) is 45.1 Å². The summed E-state index contributed by atoms with van der Waals surface area (Å²) in [6.45, 7) is 3.54. The van der Waals surface area contributed by atoms with Gasteiger partial charge in [-0.3, -0.25) is 9.59 Å². The standard InChI is InChI=1S/C12H16O3/c1-11-5-3-8(13)7-9(11)12(2,15)6-4-10(11)14/h7,15H,3-6H2,1-2H3. The molecule has 0 aromatic rings. The van der Waals surface area contributed by atoms with Crippen LogP contribution in [0, 0.1) is 5.41 Å². The molecule has 0 aliphatic heterocycles. The van der Waals surface area contributed by atoms with Crippen LogP contribution in [0.2, 0.25) is 0 Å². The van der Waals surface area contributed by atoms with Crippen LogP contribution in [-0.2, 0) is 9.59 Å². The van der Waals surface area contributed by atoms with E-state index in [-0.39, 0.29) is 11.6 Å². The largest absolute Gasteiger partial charge is 0.386 e. The van der Waals surface area contributed by atoms with E-state index in [1.165, 1.54) is 6.08 Å². The molecule has 2 aliphatic rings. The number of Topliss-reactive ketones (excluding diaryl/α,β-unsaturated/α-hetero) is 1. The van der Waals surface area contributed by atoms with Crippen LogP contribution in [0.5, 0.6) is 0 Å². The smallest absolute Gasteiger partial charge is 0.155 e. The van der Waals surface area contributed by atoms with E-state index < -0.39 is 11.0 Å². The highest BCUT2D eigenvalue weighted by Crippen LogP contribution is 2.48. The van der Waals surface area contributed by atoms with Gasteiger partial charge in [0.1, 0.15) is 5.78 Å². The van der Waals surface area contributed by atoms with Gasteiger partial charge in [0.15, 0.2) is 5.78 Å². The molecule has 2 rings (SSSR count). The number of hydrogen-bond donors (Lipinski definition) is 1. The lowest BCUT2D eigenvalue weighted by atomic mass is 9.60. The van der Waals surface area contributed by atoms with Gasteiger partial charge in [0.05, 0.1) is 11.0 Å². The Kier molecular flexibility index (Phi) is 2.12. The lowest BCUT2D eigenvalue weighted by Crippen LogP contribution is -2.48. The minimum atomic E-state index is -0.987. The molecule has 0 amide bonds. The van der Waals surface area contributed by atoms with Gasteiger partial charge in [-0.2, -0.15) is 0 Å². The molecule has 0 radical (unpaired) electrons. The summed E-state index contributed by atoms with van der Waals surface area (Å²) in [6.07, 6.45) is 3.30. The van der Waals surface area contributed by atoms with Gasteiger partial charge in [-0.25, -0.2) is 0 Å². The molecule has 82 valence electrons. The first-order valence-corrected chi connectivity index (χ1v) is 5.37. The number of hydrogen-bond acceptors (Lipinski definition) is 3. The van der Waals surface area contributed by atoms with Crippen LogP contribution in [-0.4, -0.2) is 22.3 Å². The van der Waals surface area contributed by atoms with E-state index in [1.54, 1.807) is 6.92 Å². The maximum Gasteiger partial charge on any atom is 0.155 e. The maximum absolute atomic E-state index is 11.9. The molecule has 2 unspecified atom stereocenters. The van der Waals surface area contributed by atoms with Crippen LogP contribution >= 0.6 is 0 Å².